The third-order valence-corrected chi connectivity index (χ3v) is 3.26. The maximum Gasteiger partial charge on any atom is 0.191 e. The van der Waals surface area contributed by atoms with E-state index in [2.05, 4.69) is 20.6 Å². The van der Waals surface area contributed by atoms with Crippen molar-refractivity contribution in [3.05, 3.63) is 35.6 Å². The molecule has 2 aromatic rings. The van der Waals surface area contributed by atoms with Gasteiger partial charge in [-0.15, -0.1) is 0 Å². The molecule has 0 fully saturated rings. The first kappa shape index (κ1) is 14.6. The fourth-order valence-corrected chi connectivity index (χ4v) is 2.10. The molecule has 0 spiro atoms. The van der Waals surface area contributed by atoms with Gasteiger partial charge in [0.25, 0.3) is 0 Å². The van der Waals surface area contributed by atoms with Gasteiger partial charge in [0.1, 0.15) is 17.5 Å². The van der Waals surface area contributed by atoms with Crippen LogP contribution >= 0.6 is 11.8 Å². The Hall–Kier alpha value is -1.82. The summed E-state index contributed by atoms with van der Waals surface area (Å²) in [6, 6.07) is 6.45. The van der Waals surface area contributed by atoms with Crippen molar-refractivity contribution in [1.82, 2.24) is 9.97 Å². The molecule has 2 rings (SSSR count). The summed E-state index contributed by atoms with van der Waals surface area (Å²) in [5, 5.41) is 6.96. The van der Waals surface area contributed by atoms with Crippen LogP contribution in [0.25, 0.3) is 0 Å². The fraction of sp³-hybridized carbons (Fsp3) is 0.286. The number of anilines is 3. The zero-order valence-electron chi connectivity index (χ0n) is 11.7. The Morgan fingerprint density at radius 2 is 1.95 bits per heavy atom. The molecule has 0 aliphatic carbocycles. The Morgan fingerprint density at radius 1 is 1.20 bits per heavy atom. The minimum absolute atomic E-state index is 0.274. The van der Waals surface area contributed by atoms with Crippen molar-refractivity contribution in [2.75, 3.05) is 23.4 Å². The lowest BCUT2D eigenvalue weighted by atomic mass is 10.2. The molecule has 0 unspecified atom stereocenters. The highest BCUT2D eigenvalue weighted by Crippen LogP contribution is 2.23. The van der Waals surface area contributed by atoms with Gasteiger partial charge < -0.3 is 10.6 Å². The van der Waals surface area contributed by atoms with Crippen LogP contribution in [0.5, 0.6) is 0 Å². The van der Waals surface area contributed by atoms with Gasteiger partial charge in [0.2, 0.25) is 0 Å². The Balaban J connectivity index is 2.32. The maximum absolute atomic E-state index is 13.3. The maximum atomic E-state index is 13.3. The molecule has 0 radical (unpaired) electrons. The zero-order valence-corrected chi connectivity index (χ0v) is 12.5. The van der Waals surface area contributed by atoms with E-state index >= 15 is 0 Å². The minimum atomic E-state index is -0.274. The third kappa shape index (κ3) is 3.60. The molecule has 4 nitrogen and oxygen atoms in total. The van der Waals surface area contributed by atoms with Crippen molar-refractivity contribution < 1.29 is 4.39 Å². The molecular weight excluding hydrogens is 275 g/mol. The molecule has 1 aromatic heterocycles. The van der Waals surface area contributed by atoms with Gasteiger partial charge in [0.15, 0.2) is 5.16 Å². The molecule has 0 aliphatic heterocycles. The highest BCUT2D eigenvalue weighted by atomic mass is 32.2. The predicted octanol–water partition coefficient (Wildman–Crippen LogP) is 3.82. The summed E-state index contributed by atoms with van der Waals surface area (Å²) < 4.78 is 13.3. The molecule has 0 atom stereocenters. The average molecular weight is 292 g/mol. The summed E-state index contributed by atoms with van der Waals surface area (Å²) in [6.45, 7) is 4.71. The van der Waals surface area contributed by atoms with E-state index < -0.39 is 0 Å². The van der Waals surface area contributed by atoms with E-state index in [1.54, 1.807) is 6.07 Å². The number of benzene rings is 1. The molecule has 0 saturated heterocycles. The van der Waals surface area contributed by atoms with Crippen molar-refractivity contribution in [2.24, 2.45) is 0 Å². The van der Waals surface area contributed by atoms with Crippen LogP contribution in [0.1, 0.15) is 12.5 Å². The Bertz CT molecular complexity index is 604. The number of aromatic nitrogens is 2. The first-order valence-electron chi connectivity index (χ1n) is 6.32. The third-order valence-electron chi connectivity index (χ3n) is 2.71. The molecule has 0 saturated carbocycles. The van der Waals surface area contributed by atoms with Gasteiger partial charge in [0.05, 0.1) is 0 Å². The van der Waals surface area contributed by atoms with E-state index in [1.807, 2.05) is 26.2 Å². The van der Waals surface area contributed by atoms with Crippen molar-refractivity contribution in [3.63, 3.8) is 0 Å². The van der Waals surface area contributed by atoms with E-state index in [0.29, 0.717) is 16.7 Å². The zero-order chi connectivity index (χ0) is 14.5. The lowest BCUT2D eigenvalue weighted by Gasteiger charge is -2.11. The molecule has 20 heavy (non-hydrogen) atoms. The van der Waals surface area contributed by atoms with Crippen LogP contribution in [0.4, 0.5) is 21.7 Å². The lowest BCUT2D eigenvalue weighted by Crippen LogP contribution is -2.04. The number of hydrogen-bond acceptors (Lipinski definition) is 5. The minimum Gasteiger partial charge on any atom is -0.370 e. The molecular formula is C14H17FN4S. The Kier molecular flexibility index (Phi) is 4.79. The molecule has 2 N–H and O–H groups in total. The van der Waals surface area contributed by atoms with Crippen LogP contribution in [0, 0.1) is 12.7 Å². The van der Waals surface area contributed by atoms with Crippen LogP contribution < -0.4 is 10.6 Å². The molecule has 0 aliphatic rings. The second-order valence-electron chi connectivity index (χ2n) is 4.24. The van der Waals surface area contributed by atoms with Gasteiger partial charge in [-0.1, -0.05) is 17.8 Å². The second-order valence-corrected chi connectivity index (χ2v) is 5.01. The summed E-state index contributed by atoms with van der Waals surface area (Å²) in [4.78, 5) is 8.73. The van der Waals surface area contributed by atoms with E-state index in [9.17, 15) is 4.39 Å². The van der Waals surface area contributed by atoms with E-state index in [-0.39, 0.29) is 5.82 Å². The van der Waals surface area contributed by atoms with Gasteiger partial charge in [0, 0.05) is 18.3 Å². The standard InChI is InChI=1S/C14H17FN4S/c1-4-16-12-8-13(19-14(18-12)20-3)17-11-7-10(15)6-5-9(11)2/h5-8H,4H2,1-3H3,(H2,16,17,18,19). The quantitative estimate of drug-likeness (QED) is 0.648. The number of hydrogen-bond donors (Lipinski definition) is 2. The number of nitrogens with zero attached hydrogens (tertiary/aromatic N) is 2. The van der Waals surface area contributed by atoms with E-state index in [0.717, 1.165) is 17.9 Å². The Labute approximate surface area is 122 Å². The summed E-state index contributed by atoms with van der Waals surface area (Å²) in [7, 11) is 0. The predicted molar refractivity (Wildman–Crippen MR) is 82.4 cm³/mol. The number of rotatable bonds is 5. The number of thioether (sulfide) groups is 1. The summed E-state index contributed by atoms with van der Waals surface area (Å²) in [5.74, 6) is 1.13. The van der Waals surface area contributed by atoms with Crippen molar-refractivity contribution in [2.45, 2.75) is 19.0 Å². The van der Waals surface area contributed by atoms with Gasteiger partial charge in [-0.25, -0.2) is 14.4 Å². The second kappa shape index (κ2) is 6.56. The molecule has 0 bridgehead atoms. The van der Waals surface area contributed by atoms with Crippen LogP contribution in [-0.2, 0) is 0 Å². The van der Waals surface area contributed by atoms with Gasteiger partial charge in [-0.2, -0.15) is 0 Å². The Morgan fingerprint density at radius 3 is 2.65 bits per heavy atom. The SMILES string of the molecule is CCNc1cc(Nc2cc(F)ccc2C)nc(SC)n1. The van der Waals surface area contributed by atoms with Gasteiger partial charge in [-0.05, 0) is 37.8 Å². The topological polar surface area (TPSA) is 49.8 Å². The summed E-state index contributed by atoms with van der Waals surface area (Å²) in [5.41, 5.74) is 1.67. The molecule has 106 valence electrons. The number of aryl methyl sites for hydroxylation is 1. The van der Waals surface area contributed by atoms with Crippen LogP contribution in [0.15, 0.2) is 29.4 Å². The van der Waals surface area contributed by atoms with E-state index in [4.69, 9.17) is 0 Å². The average Bonchev–Trinajstić information content (AvgIpc) is 2.43. The highest BCUT2D eigenvalue weighted by molar-refractivity contribution is 7.98. The van der Waals surface area contributed by atoms with Crippen LogP contribution in [0.2, 0.25) is 0 Å². The molecule has 0 amide bonds. The normalized spacial score (nSPS) is 10.4. The molecule has 1 aromatic carbocycles. The number of nitrogens with one attached hydrogen (secondary N) is 2. The lowest BCUT2D eigenvalue weighted by molar-refractivity contribution is 0.628. The van der Waals surface area contributed by atoms with Crippen molar-refractivity contribution in [3.8, 4) is 0 Å². The van der Waals surface area contributed by atoms with Crippen molar-refractivity contribution >= 4 is 29.1 Å². The molecule has 1 heterocycles. The first-order chi connectivity index (χ1) is 9.62. The van der Waals surface area contributed by atoms with Crippen molar-refractivity contribution in [1.29, 1.82) is 0 Å². The first-order valence-corrected chi connectivity index (χ1v) is 7.55. The van der Waals surface area contributed by atoms with Crippen LogP contribution in [0.3, 0.4) is 0 Å². The molecule has 6 heteroatoms. The van der Waals surface area contributed by atoms with Gasteiger partial charge >= 0.3 is 0 Å². The van der Waals surface area contributed by atoms with Gasteiger partial charge in [-0.3, -0.25) is 0 Å². The summed E-state index contributed by atoms with van der Waals surface area (Å²) >= 11 is 1.46. The largest absolute Gasteiger partial charge is 0.370 e. The van der Waals surface area contributed by atoms with E-state index in [1.165, 1.54) is 23.9 Å². The summed E-state index contributed by atoms with van der Waals surface area (Å²) in [6.07, 6.45) is 1.92. The number of halogens is 1. The fourth-order valence-electron chi connectivity index (χ4n) is 1.72. The monoisotopic (exact) mass is 292 g/mol. The smallest absolute Gasteiger partial charge is 0.191 e. The highest BCUT2D eigenvalue weighted by Gasteiger charge is 2.06. The van der Waals surface area contributed by atoms with Crippen LogP contribution in [-0.4, -0.2) is 22.8 Å².